The van der Waals surface area contributed by atoms with Gasteiger partial charge in [-0.25, -0.2) is 9.59 Å². The number of rotatable bonds is 16. The Morgan fingerprint density at radius 1 is 0.761 bits per heavy atom. The molecule has 1 atom stereocenters. The van der Waals surface area contributed by atoms with E-state index in [1.165, 1.54) is 24.3 Å². The van der Waals surface area contributed by atoms with Crippen LogP contribution in [0.15, 0.2) is 67.0 Å². The molecule has 0 amide bonds. The van der Waals surface area contributed by atoms with Crippen molar-refractivity contribution in [2.75, 3.05) is 33.0 Å². The predicted octanol–water partition coefficient (Wildman–Crippen LogP) is 3.35. The highest BCUT2D eigenvalue weighted by Crippen LogP contribution is 2.27. The van der Waals surface area contributed by atoms with Gasteiger partial charge >= 0.3 is 11.9 Å². The van der Waals surface area contributed by atoms with Crippen molar-refractivity contribution in [3.63, 3.8) is 0 Å². The highest BCUT2D eigenvalue weighted by atomic mass is 16.5. The molecule has 4 aromatic rings. The molecule has 13 heteroatoms. The largest absolute Gasteiger partial charge is 0.492 e. The SMILES string of the molecule is CCOC(=O)c1cc(=O)c2c(OCC(COc3cccc4oc(C(=O)OCC)cc(=O)c34)C(=O)[C@@H](N)CCCCN)cccc2o1. The number of unbranched alkanes of at least 4 members (excludes halogenated alkanes) is 1. The van der Waals surface area contributed by atoms with Crippen molar-refractivity contribution in [2.24, 2.45) is 17.4 Å². The minimum atomic E-state index is -0.935. The van der Waals surface area contributed by atoms with Crippen LogP contribution in [0, 0.1) is 5.92 Å². The van der Waals surface area contributed by atoms with E-state index >= 15 is 0 Å². The van der Waals surface area contributed by atoms with Crippen LogP contribution in [0.3, 0.4) is 0 Å². The fraction of sp³-hybridized carbons (Fsp3) is 0.364. The van der Waals surface area contributed by atoms with Crippen LogP contribution in [0.1, 0.15) is 54.2 Å². The lowest BCUT2D eigenvalue weighted by Crippen LogP contribution is -2.40. The lowest BCUT2D eigenvalue weighted by molar-refractivity contribution is -0.126. The first-order valence-corrected chi connectivity index (χ1v) is 14.9. The first kappa shape index (κ1) is 33.9. The van der Waals surface area contributed by atoms with Gasteiger partial charge in [0.05, 0.1) is 25.2 Å². The van der Waals surface area contributed by atoms with E-state index in [0.29, 0.717) is 25.8 Å². The standard InChI is InChI=1S/C33H36N2O11/c1-3-41-32(39)27-15-21(36)29-23(10-7-12-25(29)45-27)43-17-19(31(38)20(35)9-5-6-14-34)18-44-24-11-8-13-26-30(24)22(37)16-28(46-26)33(40)42-4-2/h7-8,10-13,15-16,19-20H,3-6,9,14,17-18,34-35H2,1-2H3/t20-/m0/s1. The van der Waals surface area contributed by atoms with E-state index in [9.17, 15) is 24.0 Å². The van der Waals surface area contributed by atoms with E-state index in [1.54, 1.807) is 26.0 Å². The summed E-state index contributed by atoms with van der Waals surface area (Å²) in [6.45, 7) is 3.45. The third-order valence-corrected chi connectivity index (χ3v) is 7.00. The maximum atomic E-state index is 13.5. The maximum Gasteiger partial charge on any atom is 0.374 e. The van der Waals surface area contributed by atoms with E-state index in [4.69, 9.17) is 39.2 Å². The molecule has 0 unspecified atom stereocenters. The summed E-state index contributed by atoms with van der Waals surface area (Å²) in [6, 6.07) is 10.4. The number of ketones is 1. The Labute approximate surface area is 263 Å². The molecule has 0 spiro atoms. The van der Waals surface area contributed by atoms with E-state index in [1.807, 2.05) is 0 Å². The van der Waals surface area contributed by atoms with Gasteiger partial charge in [0.25, 0.3) is 0 Å². The smallest absolute Gasteiger partial charge is 0.374 e. The van der Waals surface area contributed by atoms with Gasteiger partial charge in [-0.05, 0) is 57.5 Å². The van der Waals surface area contributed by atoms with Gasteiger partial charge in [-0.1, -0.05) is 18.6 Å². The minimum absolute atomic E-state index is 0.0685. The number of hydrogen-bond donors (Lipinski definition) is 2. The summed E-state index contributed by atoms with van der Waals surface area (Å²) in [6.07, 6.45) is 1.71. The zero-order chi connectivity index (χ0) is 33.2. The van der Waals surface area contributed by atoms with E-state index < -0.39 is 34.8 Å². The Balaban J connectivity index is 1.61. The van der Waals surface area contributed by atoms with Crippen LogP contribution in [-0.2, 0) is 14.3 Å². The summed E-state index contributed by atoms with van der Waals surface area (Å²) in [5, 5.41) is 0.137. The summed E-state index contributed by atoms with van der Waals surface area (Å²) in [4.78, 5) is 63.8. The number of hydrogen-bond acceptors (Lipinski definition) is 13. The molecule has 0 radical (unpaired) electrons. The molecular formula is C33H36N2O11. The average Bonchev–Trinajstić information content (AvgIpc) is 3.04. The van der Waals surface area contributed by atoms with Crippen molar-refractivity contribution < 1.29 is 42.2 Å². The van der Waals surface area contributed by atoms with Crippen LogP contribution < -0.4 is 31.8 Å². The highest BCUT2D eigenvalue weighted by Gasteiger charge is 2.27. The Morgan fingerprint density at radius 2 is 1.24 bits per heavy atom. The van der Waals surface area contributed by atoms with Crippen LogP contribution in [0.4, 0.5) is 0 Å². The molecule has 4 rings (SSSR count). The van der Waals surface area contributed by atoms with Gasteiger partial charge in [0.15, 0.2) is 16.6 Å². The second kappa shape index (κ2) is 15.8. The molecular weight excluding hydrogens is 600 g/mol. The summed E-state index contributed by atoms with van der Waals surface area (Å²) >= 11 is 0. The van der Waals surface area contributed by atoms with Gasteiger partial charge in [0, 0.05) is 12.1 Å². The lowest BCUT2D eigenvalue weighted by atomic mass is 9.96. The van der Waals surface area contributed by atoms with Crippen LogP contribution in [0.2, 0.25) is 0 Å². The third kappa shape index (κ3) is 7.98. The van der Waals surface area contributed by atoms with E-state index in [2.05, 4.69) is 0 Å². The lowest BCUT2D eigenvalue weighted by Gasteiger charge is -2.21. The summed E-state index contributed by atoms with van der Waals surface area (Å²) < 4.78 is 33.0. The van der Waals surface area contributed by atoms with Gasteiger partial charge in [-0.2, -0.15) is 0 Å². The molecule has 2 aromatic heterocycles. The number of benzene rings is 2. The number of carbonyl (C=O) groups is 3. The topological polar surface area (TPSA) is 201 Å². The van der Waals surface area contributed by atoms with Crippen molar-refractivity contribution in [3.8, 4) is 11.5 Å². The molecule has 13 nitrogen and oxygen atoms in total. The summed E-state index contributed by atoms with van der Waals surface area (Å²) in [5.41, 5.74) is 10.9. The van der Waals surface area contributed by atoms with E-state index in [-0.39, 0.29) is 77.2 Å². The number of fused-ring (bicyclic) bond motifs is 2. The van der Waals surface area contributed by atoms with Gasteiger partial charge in [-0.3, -0.25) is 14.4 Å². The first-order chi connectivity index (χ1) is 22.2. The Bertz CT molecular complexity index is 1710. The number of ether oxygens (including phenoxy) is 4. The zero-order valence-corrected chi connectivity index (χ0v) is 25.6. The first-order valence-electron chi connectivity index (χ1n) is 14.9. The molecule has 244 valence electrons. The molecule has 0 aliphatic heterocycles. The fourth-order valence-electron chi connectivity index (χ4n) is 4.75. The maximum absolute atomic E-state index is 13.5. The number of carbonyl (C=O) groups excluding carboxylic acids is 3. The van der Waals surface area contributed by atoms with Crippen LogP contribution in [0.5, 0.6) is 11.5 Å². The molecule has 0 saturated carbocycles. The summed E-state index contributed by atoms with van der Waals surface area (Å²) in [5.74, 6) is -3.12. The van der Waals surface area contributed by atoms with Gasteiger partial charge < -0.3 is 39.2 Å². The monoisotopic (exact) mass is 636 g/mol. The zero-order valence-electron chi connectivity index (χ0n) is 25.6. The molecule has 0 bridgehead atoms. The molecule has 2 aromatic carbocycles. The summed E-state index contributed by atoms with van der Waals surface area (Å²) in [7, 11) is 0. The second-order valence-electron chi connectivity index (χ2n) is 10.3. The van der Waals surface area contributed by atoms with Gasteiger partial charge in [-0.15, -0.1) is 0 Å². The van der Waals surface area contributed by atoms with E-state index in [0.717, 1.165) is 12.1 Å². The normalized spacial score (nSPS) is 11.8. The Hall–Kier alpha value is -5.01. The van der Waals surface area contributed by atoms with Gasteiger partial charge in [0.2, 0.25) is 11.5 Å². The van der Waals surface area contributed by atoms with Crippen LogP contribution >= 0.6 is 0 Å². The van der Waals surface area contributed by atoms with Crippen molar-refractivity contribution in [1.29, 1.82) is 0 Å². The third-order valence-electron chi connectivity index (χ3n) is 7.00. The Morgan fingerprint density at radius 3 is 1.67 bits per heavy atom. The second-order valence-corrected chi connectivity index (χ2v) is 10.3. The quantitative estimate of drug-likeness (QED) is 0.134. The van der Waals surface area contributed by atoms with Crippen molar-refractivity contribution in [1.82, 2.24) is 0 Å². The number of Topliss-reactive ketones (excluding diaryl/α,β-unsaturated/α-hetero) is 1. The van der Waals surface area contributed by atoms with Crippen molar-refractivity contribution in [3.05, 3.63) is 80.5 Å². The Kier molecular flexibility index (Phi) is 11.7. The highest BCUT2D eigenvalue weighted by molar-refractivity contribution is 5.92. The molecule has 2 heterocycles. The van der Waals surface area contributed by atoms with Crippen molar-refractivity contribution >= 4 is 39.7 Å². The minimum Gasteiger partial charge on any atom is -0.492 e. The molecule has 0 fully saturated rings. The molecule has 0 saturated heterocycles. The van der Waals surface area contributed by atoms with Gasteiger partial charge in [0.1, 0.15) is 46.7 Å². The molecule has 4 N–H and O–H groups in total. The average molecular weight is 637 g/mol. The predicted molar refractivity (Wildman–Crippen MR) is 167 cm³/mol. The number of esters is 2. The number of nitrogens with two attached hydrogens (primary N) is 2. The molecule has 0 aliphatic carbocycles. The fourth-order valence-corrected chi connectivity index (χ4v) is 4.75. The van der Waals surface area contributed by atoms with Crippen LogP contribution in [-0.4, -0.2) is 56.7 Å². The van der Waals surface area contributed by atoms with Crippen LogP contribution in [0.25, 0.3) is 21.9 Å². The molecule has 46 heavy (non-hydrogen) atoms. The van der Waals surface area contributed by atoms with Crippen molar-refractivity contribution in [2.45, 2.75) is 39.2 Å². The molecule has 0 aliphatic rings.